The average Bonchev–Trinajstić information content (AvgIpc) is 3.32. The Morgan fingerprint density at radius 2 is 2.00 bits per heavy atom. The Morgan fingerprint density at radius 3 is 2.58 bits per heavy atom. The van der Waals surface area contributed by atoms with Crippen LogP contribution in [0, 0.1) is 12.3 Å². The Hall–Kier alpha value is -2.29. The summed E-state index contributed by atoms with van der Waals surface area (Å²) in [7, 11) is 0. The fourth-order valence-electron chi connectivity index (χ4n) is 3.70. The van der Waals surface area contributed by atoms with Crippen LogP contribution in [0.4, 0.5) is 0 Å². The van der Waals surface area contributed by atoms with E-state index in [1.165, 1.54) is 4.90 Å². The van der Waals surface area contributed by atoms with Crippen molar-refractivity contribution in [1.82, 2.24) is 15.2 Å². The summed E-state index contributed by atoms with van der Waals surface area (Å²) in [5, 5.41) is 13.0. The van der Waals surface area contributed by atoms with Gasteiger partial charge >= 0.3 is 0 Å². The van der Waals surface area contributed by atoms with Gasteiger partial charge in [-0.05, 0) is 29.9 Å². The van der Waals surface area contributed by atoms with Crippen molar-refractivity contribution in [2.45, 2.75) is 58.7 Å². The van der Waals surface area contributed by atoms with Gasteiger partial charge in [-0.15, -0.1) is 11.3 Å². The minimum absolute atomic E-state index is 0.138. The highest BCUT2D eigenvalue weighted by molar-refractivity contribution is 7.13. The first-order chi connectivity index (χ1) is 14.6. The molecule has 4 N–H and O–H groups in total. The molecule has 0 spiro atoms. The van der Waals surface area contributed by atoms with Crippen molar-refractivity contribution in [3.8, 4) is 10.4 Å². The molecule has 31 heavy (non-hydrogen) atoms. The second-order valence-electron chi connectivity index (χ2n) is 9.24. The van der Waals surface area contributed by atoms with Crippen LogP contribution in [0.25, 0.3) is 10.4 Å². The Labute approximate surface area is 187 Å². The van der Waals surface area contributed by atoms with E-state index in [1.807, 2.05) is 33.2 Å². The minimum Gasteiger partial charge on any atom is -0.391 e. The lowest BCUT2D eigenvalue weighted by Gasteiger charge is -2.32. The third-order valence-electron chi connectivity index (χ3n) is 5.74. The monoisotopic (exact) mass is 444 g/mol. The molecular formula is C23H32N4O3S. The zero-order valence-corrected chi connectivity index (χ0v) is 19.4. The number of carbonyl (C=O) groups is 2. The summed E-state index contributed by atoms with van der Waals surface area (Å²) >= 11 is 1.62. The summed E-state index contributed by atoms with van der Waals surface area (Å²) in [4.78, 5) is 32.4. The lowest BCUT2D eigenvalue weighted by Crippen LogP contribution is -2.55. The van der Waals surface area contributed by atoms with E-state index in [0.29, 0.717) is 13.0 Å². The van der Waals surface area contributed by atoms with Crippen molar-refractivity contribution in [1.29, 1.82) is 0 Å². The van der Waals surface area contributed by atoms with Crippen LogP contribution in [0.5, 0.6) is 0 Å². The minimum atomic E-state index is -0.728. The smallest absolute Gasteiger partial charge is 0.242 e. The van der Waals surface area contributed by atoms with E-state index in [9.17, 15) is 14.7 Å². The van der Waals surface area contributed by atoms with Crippen molar-refractivity contribution in [2.24, 2.45) is 11.1 Å². The third-order valence-corrected chi connectivity index (χ3v) is 6.72. The molecule has 1 fully saturated rings. The van der Waals surface area contributed by atoms with Crippen LogP contribution in [-0.2, 0) is 16.0 Å². The number of aliphatic hydroxyl groups excluding tert-OH is 1. The van der Waals surface area contributed by atoms with Crippen molar-refractivity contribution in [2.75, 3.05) is 13.1 Å². The number of nitrogens with two attached hydrogens (primary N) is 1. The van der Waals surface area contributed by atoms with Gasteiger partial charge < -0.3 is 21.1 Å². The largest absolute Gasteiger partial charge is 0.391 e. The number of thiazole rings is 1. The number of rotatable bonds is 6. The molecular weight excluding hydrogens is 412 g/mol. The zero-order valence-electron chi connectivity index (χ0n) is 18.6. The maximum absolute atomic E-state index is 12.8. The average molecular weight is 445 g/mol. The molecule has 0 saturated carbocycles. The van der Waals surface area contributed by atoms with Crippen LogP contribution in [-0.4, -0.2) is 58.1 Å². The predicted molar refractivity (Wildman–Crippen MR) is 123 cm³/mol. The molecule has 0 bridgehead atoms. The normalized spacial score (nSPS) is 20.0. The van der Waals surface area contributed by atoms with E-state index in [-0.39, 0.29) is 24.8 Å². The number of carbonyl (C=O) groups excluding carboxylic acids is 2. The number of aromatic nitrogens is 1. The van der Waals surface area contributed by atoms with Gasteiger partial charge in [0.2, 0.25) is 11.8 Å². The van der Waals surface area contributed by atoms with E-state index >= 15 is 0 Å². The molecule has 0 radical (unpaired) electrons. The number of nitrogens with one attached hydrogen (secondary N) is 1. The number of nitrogens with zero attached hydrogens (tertiary/aromatic N) is 2. The topological polar surface area (TPSA) is 109 Å². The highest BCUT2D eigenvalue weighted by atomic mass is 32.1. The van der Waals surface area contributed by atoms with E-state index in [2.05, 4.69) is 34.6 Å². The molecule has 1 aromatic heterocycles. The van der Waals surface area contributed by atoms with Crippen LogP contribution < -0.4 is 11.1 Å². The predicted octanol–water partition coefficient (Wildman–Crippen LogP) is 2.11. The molecule has 1 saturated heterocycles. The number of aliphatic hydroxyl groups is 1. The summed E-state index contributed by atoms with van der Waals surface area (Å²) in [6, 6.07) is 6.83. The van der Waals surface area contributed by atoms with Gasteiger partial charge in [-0.3, -0.25) is 9.59 Å². The summed E-state index contributed by atoms with van der Waals surface area (Å²) in [6.07, 6.45) is 0.199. The summed E-state index contributed by atoms with van der Waals surface area (Å²) < 4.78 is 0. The molecule has 0 unspecified atom stereocenters. The van der Waals surface area contributed by atoms with Gasteiger partial charge in [-0.2, -0.15) is 0 Å². The van der Waals surface area contributed by atoms with Crippen molar-refractivity contribution in [3.63, 3.8) is 0 Å². The van der Waals surface area contributed by atoms with Gasteiger partial charge in [0.15, 0.2) is 0 Å². The van der Waals surface area contributed by atoms with Crippen molar-refractivity contribution < 1.29 is 14.7 Å². The first kappa shape index (κ1) is 23.4. The van der Waals surface area contributed by atoms with Gasteiger partial charge in [-0.25, -0.2) is 4.98 Å². The van der Waals surface area contributed by atoms with E-state index in [0.717, 1.165) is 21.7 Å². The van der Waals surface area contributed by atoms with Gasteiger partial charge in [0.1, 0.15) is 6.04 Å². The molecule has 7 nitrogen and oxygen atoms in total. The number of benzene rings is 1. The number of aryl methyl sites for hydroxylation is 1. The molecule has 1 aliphatic heterocycles. The van der Waals surface area contributed by atoms with Gasteiger partial charge in [-0.1, -0.05) is 45.0 Å². The molecule has 168 valence electrons. The second kappa shape index (κ2) is 9.46. The van der Waals surface area contributed by atoms with Crippen LogP contribution in [0.1, 0.15) is 38.4 Å². The molecule has 3 rings (SSSR count). The summed E-state index contributed by atoms with van der Waals surface area (Å²) in [5.74, 6) is -0.541. The number of β-amino-alcohol motifs (C(OH)–C–C–N with tert-alkyl or cyclic N) is 1. The number of hydrogen-bond donors (Lipinski definition) is 3. The highest BCUT2D eigenvalue weighted by Gasteiger charge is 2.42. The van der Waals surface area contributed by atoms with Crippen molar-refractivity contribution >= 4 is 23.2 Å². The fraction of sp³-hybridized carbons (Fsp3) is 0.522. The molecule has 2 amide bonds. The van der Waals surface area contributed by atoms with Crippen LogP contribution in [0.3, 0.4) is 0 Å². The quantitative estimate of drug-likeness (QED) is 0.632. The Morgan fingerprint density at radius 1 is 1.32 bits per heavy atom. The lowest BCUT2D eigenvalue weighted by atomic mass is 9.86. The van der Waals surface area contributed by atoms with Crippen LogP contribution in [0.2, 0.25) is 0 Å². The summed E-state index contributed by atoms with van der Waals surface area (Å²) in [5.41, 5.74) is 10.8. The Kier molecular flexibility index (Phi) is 7.13. The highest BCUT2D eigenvalue weighted by Crippen LogP contribution is 2.27. The molecule has 2 aromatic rings. The van der Waals surface area contributed by atoms with Crippen LogP contribution >= 0.6 is 11.3 Å². The standard InChI is InChI=1S/C23H32N4O3S/c1-14-19(31-13-26-14)16-7-5-15(6-8-16)9-10-25-21(29)18-11-17(28)12-27(18)22(30)20(24)23(2,3)4/h5-8,13,17-18,20,28H,9-12,24H2,1-4H3,(H,25,29)/t17-,18-,20+/m0/s1. The molecule has 0 aliphatic carbocycles. The molecule has 1 aromatic carbocycles. The first-order valence-corrected chi connectivity index (χ1v) is 11.5. The van der Waals surface area contributed by atoms with Gasteiger partial charge in [0, 0.05) is 19.5 Å². The number of hydrogen-bond acceptors (Lipinski definition) is 6. The lowest BCUT2D eigenvalue weighted by molar-refractivity contribution is -0.141. The second-order valence-corrected chi connectivity index (χ2v) is 10.1. The fourth-order valence-corrected chi connectivity index (χ4v) is 4.52. The van der Waals surface area contributed by atoms with Crippen molar-refractivity contribution in [3.05, 3.63) is 41.0 Å². The molecule has 2 heterocycles. The van der Waals surface area contributed by atoms with E-state index in [4.69, 9.17) is 5.73 Å². The molecule has 1 aliphatic rings. The number of amides is 2. The third kappa shape index (κ3) is 5.50. The number of likely N-dealkylation sites (tertiary alicyclic amines) is 1. The summed E-state index contributed by atoms with van der Waals surface area (Å²) in [6.45, 7) is 8.25. The maximum Gasteiger partial charge on any atom is 0.242 e. The molecule has 8 heteroatoms. The van der Waals surface area contributed by atoms with E-state index < -0.39 is 23.6 Å². The van der Waals surface area contributed by atoms with E-state index in [1.54, 1.807) is 11.3 Å². The zero-order chi connectivity index (χ0) is 22.8. The van der Waals surface area contributed by atoms with Crippen LogP contribution in [0.15, 0.2) is 29.8 Å². The Bertz CT molecular complexity index is 920. The first-order valence-electron chi connectivity index (χ1n) is 10.6. The van der Waals surface area contributed by atoms with Gasteiger partial charge in [0.25, 0.3) is 0 Å². The molecule has 3 atom stereocenters. The Balaban J connectivity index is 1.56. The van der Waals surface area contributed by atoms with Gasteiger partial charge in [0.05, 0.1) is 28.2 Å². The maximum atomic E-state index is 12.8. The SMILES string of the molecule is Cc1ncsc1-c1ccc(CCNC(=O)[C@@H]2C[C@H](O)CN2C(=O)[C@@H](N)C(C)(C)C)cc1.